The molecule has 0 bridgehead atoms. The second kappa shape index (κ2) is 3.49. The van der Waals surface area contributed by atoms with Crippen LogP contribution in [0.5, 0.6) is 0 Å². The summed E-state index contributed by atoms with van der Waals surface area (Å²) < 4.78 is 14.7. The number of benzene rings is 2. The SMILES string of the molecule is O=[N+]([O-])c1ccc2c(c1)sc1cc(F)ccc12. The molecule has 3 aromatic rings. The Morgan fingerprint density at radius 3 is 2.41 bits per heavy atom. The lowest BCUT2D eigenvalue weighted by atomic mass is 10.1. The van der Waals surface area contributed by atoms with Crippen molar-refractivity contribution >= 4 is 37.2 Å². The fourth-order valence-corrected chi connectivity index (χ4v) is 3.02. The van der Waals surface area contributed by atoms with Crippen LogP contribution in [0.1, 0.15) is 0 Å². The van der Waals surface area contributed by atoms with Gasteiger partial charge in [-0.3, -0.25) is 10.1 Å². The summed E-state index contributed by atoms with van der Waals surface area (Å²) >= 11 is 1.36. The van der Waals surface area contributed by atoms with Crippen LogP contribution in [0.4, 0.5) is 10.1 Å². The van der Waals surface area contributed by atoms with Gasteiger partial charge in [0.15, 0.2) is 0 Å². The number of non-ortho nitro benzene ring substituents is 1. The Bertz CT molecular complexity index is 751. The highest BCUT2D eigenvalue weighted by molar-refractivity contribution is 7.25. The molecule has 1 heterocycles. The lowest BCUT2D eigenvalue weighted by Crippen LogP contribution is -1.85. The molecule has 0 radical (unpaired) electrons. The summed E-state index contributed by atoms with van der Waals surface area (Å²) in [5.74, 6) is -0.293. The van der Waals surface area contributed by atoms with Crippen LogP contribution >= 0.6 is 11.3 Å². The third-order valence-electron chi connectivity index (χ3n) is 2.63. The van der Waals surface area contributed by atoms with Gasteiger partial charge in [0, 0.05) is 32.3 Å². The molecule has 0 saturated heterocycles. The van der Waals surface area contributed by atoms with Gasteiger partial charge in [-0.25, -0.2) is 4.39 Å². The Kier molecular flexibility index (Phi) is 2.09. The van der Waals surface area contributed by atoms with Gasteiger partial charge in [-0.2, -0.15) is 0 Å². The predicted molar refractivity (Wildman–Crippen MR) is 65.9 cm³/mol. The van der Waals surface area contributed by atoms with E-state index in [4.69, 9.17) is 0 Å². The van der Waals surface area contributed by atoms with E-state index < -0.39 is 4.92 Å². The number of hydrogen-bond acceptors (Lipinski definition) is 3. The first-order chi connectivity index (χ1) is 8.15. The van der Waals surface area contributed by atoms with Gasteiger partial charge >= 0.3 is 0 Å². The molecule has 2 aromatic carbocycles. The Labute approximate surface area is 99.3 Å². The van der Waals surface area contributed by atoms with Gasteiger partial charge in [-0.1, -0.05) is 6.07 Å². The minimum atomic E-state index is -0.426. The molecule has 0 atom stereocenters. The molecule has 84 valence electrons. The molecule has 5 heteroatoms. The zero-order valence-electron chi connectivity index (χ0n) is 8.51. The van der Waals surface area contributed by atoms with Crippen LogP contribution in [0.2, 0.25) is 0 Å². The Morgan fingerprint density at radius 1 is 1.06 bits per heavy atom. The molecule has 0 aliphatic carbocycles. The van der Waals surface area contributed by atoms with Crippen molar-refractivity contribution in [1.29, 1.82) is 0 Å². The van der Waals surface area contributed by atoms with Crippen LogP contribution in [-0.4, -0.2) is 4.92 Å². The first-order valence-corrected chi connectivity index (χ1v) is 5.73. The van der Waals surface area contributed by atoms with Crippen LogP contribution in [0.15, 0.2) is 36.4 Å². The van der Waals surface area contributed by atoms with Crippen LogP contribution in [0.25, 0.3) is 20.2 Å². The van der Waals surface area contributed by atoms with E-state index in [9.17, 15) is 14.5 Å². The zero-order chi connectivity index (χ0) is 12.0. The maximum atomic E-state index is 13.1. The monoisotopic (exact) mass is 247 g/mol. The summed E-state index contributed by atoms with van der Waals surface area (Å²) in [6, 6.07) is 9.26. The molecule has 0 spiro atoms. The molecular formula is C12H6FNO2S. The molecule has 0 aliphatic heterocycles. The average molecular weight is 247 g/mol. The van der Waals surface area contributed by atoms with E-state index in [-0.39, 0.29) is 11.5 Å². The first kappa shape index (κ1) is 10.2. The minimum absolute atomic E-state index is 0.0597. The highest BCUT2D eigenvalue weighted by Crippen LogP contribution is 2.35. The number of fused-ring (bicyclic) bond motifs is 3. The van der Waals surface area contributed by atoms with Gasteiger partial charge in [0.2, 0.25) is 0 Å². The maximum absolute atomic E-state index is 13.1. The third kappa shape index (κ3) is 1.55. The van der Waals surface area contributed by atoms with Crippen molar-refractivity contribution in [2.75, 3.05) is 0 Å². The molecule has 17 heavy (non-hydrogen) atoms. The smallest absolute Gasteiger partial charge is 0.258 e. The lowest BCUT2D eigenvalue weighted by molar-refractivity contribution is -0.384. The Hall–Kier alpha value is -2.01. The normalized spacial score (nSPS) is 11.1. The summed E-state index contributed by atoms with van der Waals surface area (Å²) in [6.07, 6.45) is 0. The molecule has 0 N–H and O–H groups in total. The Balaban J connectivity index is 2.38. The van der Waals surface area contributed by atoms with Gasteiger partial charge < -0.3 is 0 Å². The highest BCUT2D eigenvalue weighted by Gasteiger charge is 2.10. The molecule has 0 saturated carbocycles. The van der Waals surface area contributed by atoms with Gasteiger partial charge in [0.05, 0.1) is 4.92 Å². The van der Waals surface area contributed by atoms with Crippen molar-refractivity contribution in [1.82, 2.24) is 0 Å². The van der Waals surface area contributed by atoms with Crippen LogP contribution in [0.3, 0.4) is 0 Å². The summed E-state index contributed by atoms with van der Waals surface area (Å²) in [7, 11) is 0. The Morgan fingerprint density at radius 2 is 1.71 bits per heavy atom. The first-order valence-electron chi connectivity index (χ1n) is 4.91. The average Bonchev–Trinajstić information content (AvgIpc) is 2.64. The maximum Gasteiger partial charge on any atom is 0.270 e. The fraction of sp³-hybridized carbons (Fsp3) is 0. The van der Waals surface area contributed by atoms with E-state index in [1.54, 1.807) is 12.1 Å². The number of rotatable bonds is 1. The molecule has 0 amide bonds. The predicted octanol–water partition coefficient (Wildman–Crippen LogP) is 4.10. The number of thiophene rings is 1. The van der Waals surface area contributed by atoms with E-state index in [1.807, 2.05) is 0 Å². The second-order valence-electron chi connectivity index (χ2n) is 3.68. The fourth-order valence-electron chi connectivity index (χ4n) is 1.85. The summed E-state index contributed by atoms with van der Waals surface area (Å²) in [5.41, 5.74) is 0.0597. The van der Waals surface area contributed by atoms with Gasteiger partial charge in [0.25, 0.3) is 5.69 Å². The molecule has 3 nitrogen and oxygen atoms in total. The standard InChI is InChI=1S/C12H6FNO2S/c13-7-1-3-9-10-4-2-8(14(15)16)6-12(10)17-11(9)5-7/h1-6H. The summed E-state index contributed by atoms with van der Waals surface area (Å²) in [5, 5.41) is 12.5. The molecule has 0 aliphatic rings. The topological polar surface area (TPSA) is 43.1 Å². The number of halogens is 1. The van der Waals surface area contributed by atoms with Crippen molar-refractivity contribution in [3.8, 4) is 0 Å². The van der Waals surface area contributed by atoms with Crippen molar-refractivity contribution in [3.63, 3.8) is 0 Å². The van der Waals surface area contributed by atoms with Gasteiger partial charge in [0.1, 0.15) is 5.82 Å². The van der Waals surface area contributed by atoms with Gasteiger partial charge in [-0.05, 0) is 18.2 Å². The quantitative estimate of drug-likeness (QED) is 0.480. The highest BCUT2D eigenvalue weighted by atomic mass is 32.1. The minimum Gasteiger partial charge on any atom is -0.258 e. The zero-order valence-corrected chi connectivity index (χ0v) is 9.33. The van der Waals surface area contributed by atoms with Crippen LogP contribution in [-0.2, 0) is 0 Å². The van der Waals surface area contributed by atoms with E-state index in [0.29, 0.717) is 0 Å². The lowest BCUT2D eigenvalue weighted by Gasteiger charge is -1.92. The summed E-state index contributed by atoms with van der Waals surface area (Å²) in [4.78, 5) is 10.2. The van der Waals surface area contributed by atoms with Crippen molar-refractivity contribution in [3.05, 3.63) is 52.3 Å². The molecule has 3 rings (SSSR count). The van der Waals surface area contributed by atoms with E-state index in [1.165, 1.54) is 35.6 Å². The largest absolute Gasteiger partial charge is 0.270 e. The molecule has 1 aromatic heterocycles. The van der Waals surface area contributed by atoms with Gasteiger partial charge in [-0.15, -0.1) is 11.3 Å². The summed E-state index contributed by atoms with van der Waals surface area (Å²) in [6.45, 7) is 0. The van der Waals surface area contributed by atoms with Crippen molar-refractivity contribution < 1.29 is 9.31 Å². The molecule has 0 fully saturated rings. The second-order valence-corrected chi connectivity index (χ2v) is 4.76. The number of nitrogens with zero attached hydrogens (tertiary/aromatic N) is 1. The van der Waals surface area contributed by atoms with E-state index >= 15 is 0 Å². The number of hydrogen-bond donors (Lipinski definition) is 0. The van der Waals surface area contributed by atoms with Crippen LogP contribution in [0, 0.1) is 15.9 Å². The number of nitro benzene ring substituents is 1. The third-order valence-corrected chi connectivity index (χ3v) is 3.75. The van der Waals surface area contributed by atoms with Crippen LogP contribution < -0.4 is 0 Å². The van der Waals surface area contributed by atoms with E-state index in [2.05, 4.69) is 0 Å². The van der Waals surface area contributed by atoms with Crippen molar-refractivity contribution in [2.24, 2.45) is 0 Å². The van der Waals surface area contributed by atoms with E-state index in [0.717, 1.165) is 20.2 Å². The number of nitro groups is 1. The molecule has 0 unspecified atom stereocenters. The van der Waals surface area contributed by atoms with Crippen molar-refractivity contribution in [2.45, 2.75) is 0 Å². The molecular weight excluding hydrogens is 241 g/mol.